The van der Waals surface area contributed by atoms with Gasteiger partial charge in [-0.1, -0.05) is 19.9 Å². The Morgan fingerprint density at radius 2 is 1.89 bits per heavy atom. The normalized spacial score (nSPS) is 15.2. The molecule has 198 valence electrons. The van der Waals surface area contributed by atoms with Crippen LogP contribution >= 0.6 is 0 Å². The van der Waals surface area contributed by atoms with Gasteiger partial charge in [-0.3, -0.25) is 9.36 Å². The highest BCUT2D eigenvalue weighted by Gasteiger charge is 2.15. The summed E-state index contributed by atoms with van der Waals surface area (Å²) in [5.74, 6) is 0.311. The number of dihydropyridines is 1. The summed E-state index contributed by atoms with van der Waals surface area (Å²) in [7, 11) is 1.65. The number of ether oxygens (including phenoxy) is 3. The van der Waals surface area contributed by atoms with E-state index in [2.05, 4.69) is 39.8 Å². The fourth-order valence-corrected chi connectivity index (χ4v) is 3.75. The number of aromatic nitrogens is 3. The smallest absolute Gasteiger partial charge is 0.293 e. The van der Waals surface area contributed by atoms with Crippen LogP contribution in [-0.2, 0) is 20.8 Å². The van der Waals surface area contributed by atoms with Gasteiger partial charge in [0, 0.05) is 57.9 Å². The summed E-state index contributed by atoms with van der Waals surface area (Å²) in [4.78, 5) is 22.5. The summed E-state index contributed by atoms with van der Waals surface area (Å²) in [6.07, 6.45) is 10.2. The SMILES string of the molecule is CCCOCCNCCCNc1nc2ncc(C3=CNC(OC)C=C3)cc2n(CCOCCC)c1=O. The molecule has 10 heteroatoms. The quantitative estimate of drug-likeness (QED) is 0.282. The molecule has 0 aliphatic carbocycles. The van der Waals surface area contributed by atoms with Crippen LogP contribution in [0.25, 0.3) is 16.7 Å². The molecule has 0 saturated carbocycles. The first-order chi connectivity index (χ1) is 17.7. The topological polar surface area (TPSA) is 112 Å². The lowest BCUT2D eigenvalue weighted by Crippen LogP contribution is -2.29. The fourth-order valence-electron chi connectivity index (χ4n) is 3.75. The van der Waals surface area contributed by atoms with Crippen molar-refractivity contribution >= 4 is 22.6 Å². The monoisotopic (exact) mass is 500 g/mol. The van der Waals surface area contributed by atoms with Crippen molar-refractivity contribution in [2.24, 2.45) is 0 Å². The van der Waals surface area contributed by atoms with Crippen LogP contribution < -0.4 is 21.5 Å². The van der Waals surface area contributed by atoms with Gasteiger partial charge in [0.05, 0.1) is 18.7 Å². The molecule has 3 heterocycles. The summed E-state index contributed by atoms with van der Waals surface area (Å²) in [6, 6.07) is 1.95. The van der Waals surface area contributed by atoms with Gasteiger partial charge in [-0.2, -0.15) is 0 Å². The van der Waals surface area contributed by atoms with Crippen molar-refractivity contribution in [1.29, 1.82) is 0 Å². The van der Waals surface area contributed by atoms with Gasteiger partial charge in [0.1, 0.15) is 6.23 Å². The molecule has 0 bridgehead atoms. The van der Waals surface area contributed by atoms with E-state index in [0.717, 1.165) is 50.1 Å². The molecule has 1 aliphatic heterocycles. The molecule has 2 aromatic heterocycles. The number of nitrogens with zero attached hydrogens (tertiary/aromatic N) is 3. The molecule has 0 fully saturated rings. The summed E-state index contributed by atoms with van der Waals surface area (Å²) < 4.78 is 18.1. The fraction of sp³-hybridized carbons (Fsp3) is 0.577. The number of hydrogen-bond donors (Lipinski definition) is 3. The second kappa shape index (κ2) is 15.4. The molecule has 0 spiro atoms. The second-order valence-electron chi connectivity index (χ2n) is 8.52. The van der Waals surface area contributed by atoms with Crippen molar-refractivity contribution in [3.05, 3.63) is 46.5 Å². The summed E-state index contributed by atoms with van der Waals surface area (Å²) in [5, 5.41) is 9.73. The lowest BCUT2D eigenvalue weighted by molar-refractivity contribution is 0.124. The first kappa shape index (κ1) is 27.8. The van der Waals surface area contributed by atoms with Gasteiger partial charge in [0.25, 0.3) is 5.56 Å². The Bertz CT molecular complexity index is 1070. The molecule has 0 radical (unpaired) electrons. The third-order valence-corrected chi connectivity index (χ3v) is 5.65. The summed E-state index contributed by atoms with van der Waals surface area (Å²) >= 11 is 0. The molecule has 1 unspecified atom stereocenters. The number of fused-ring (bicyclic) bond motifs is 1. The molecule has 10 nitrogen and oxygen atoms in total. The van der Waals surface area contributed by atoms with Crippen molar-refractivity contribution in [2.45, 2.75) is 45.9 Å². The first-order valence-corrected chi connectivity index (χ1v) is 12.9. The Labute approximate surface area is 213 Å². The lowest BCUT2D eigenvalue weighted by Gasteiger charge is -2.18. The molecule has 0 amide bonds. The van der Waals surface area contributed by atoms with Crippen LogP contribution in [0.3, 0.4) is 0 Å². The van der Waals surface area contributed by atoms with Gasteiger partial charge in [-0.25, -0.2) is 9.97 Å². The van der Waals surface area contributed by atoms with Crippen molar-refractivity contribution in [1.82, 2.24) is 25.2 Å². The van der Waals surface area contributed by atoms with E-state index in [0.29, 0.717) is 49.9 Å². The van der Waals surface area contributed by atoms with Gasteiger partial charge < -0.3 is 30.2 Å². The number of allylic oxidation sites excluding steroid dienone is 2. The zero-order chi connectivity index (χ0) is 25.6. The molecular formula is C26H40N6O4. The van der Waals surface area contributed by atoms with Crippen molar-refractivity contribution in [2.75, 3.05) is 58.5 Å². The number of nitrogens with one attached hydrogen (secondary N) is 3. The highest BCUT2D eigenvalue weighted by atomic mass is 16.5. The van der Waals surface area contributed by atoms with E-state index in [9.17, 15) is 4.79 Å². The highest BCUT2D eigenvalue weighted by Crippen LogP contribution is 2.21. The van der Waals surface area contributed by atoms with Crippen molar-refractivity contribution in [3.63, 3.8) is 0 Å². The Morgan fingerprint density at radius 3 is 2.61 bits per heavy atom. The standard InChI is InChI=1S/C26H40N6O4/c1-4-13-35-15-11-27-9-6-10-28-25-26(33)32(12-16-36-14-5-2)22-17-21(19-30-24(22)31-25)20-7-8-23(34-3)29-18-20/h7-8,17-19,23,27,29H,4-6,9-16H2,1-3H3,(H,28,30,31). The maximum atomic E-state index is 13.3. The van der Waals surface area contributed by atoms with Gasteiger partial charge in [-0.05, 0) is 43.5 Å². The predicted octanol–water partition coefficient (Wildman–Crippen LogP) is 2.51. The highest BCUT2D eigenvalue weighted by molar-refractivity contribution is 5.81. The largest absolute Gasteiger partial charge is 0.380 e. The van der Waals surface area contributed by atoms with Gasteiger partial charge >= 0.3 is 0 Å². The van der Waals surface area contributed by atoms with Crippen LogP contribution in [0.4, 0.5) is 5.82 Å². The third-order valence-electron chi connectivity index (χ3n) is 5.65. The van der Waals surface area contributed by atoms with Crippen molar-refractivity contribution in [3.8, 4) is 0 Å². The second-order valence-corrected chi connectivity index (χ2v) is 8.52. The minimum atomic E-state index is -0.173. The van der Waals surface area contributed by atoms with E-state index in [1.807, 2.05) is 24.4 Å². The number of rotatable bonds is 17. The number of hydrogen-bond acceptors (Lipinski definition) is 9. The molecule has 36 heavy (non-hydrogen) atoms. The minimum Gasteiger partial charge on any atom is -0.380 e. The number of pyridine rings is 1. The molecule has 0 aromatic carbocycles. The van der Waals surface area contributed by atoms with Crippen LogP contribution in [0.1, 0.15) is 38.7 Å². The lowest BCUT2D eigenvalue weighted by atomic mass is 10.1. The molecule has 1 atom stereocenters. The predicted molar refractivity (Wildman–Crippen MR) is 143 cm³/mol. The van der Waals surface area contributed by atoms with Gasteiger partial charge in [0.15, 0.2) is 11.5 Å². The van der Waals surface area contributed by atoms with Crippen LogP contribution in [0.2, 0.25) is 0 Å². The van der Waals surface area contributed by atoms with Crippen LogP contribution in [0.15, 0.2) is 35.4 Å². The molecule has 2 aromatic rings. The van der Waals surface area contributed by atoms with E-state index >= 15 is 0 Å². The zero-order valence-corrected chi connectivity index (χ0v) is 21.7. The van der Waals surface area contributed by atoms with Crippen LogP contribution in [0.5, 0.6) is 0 Å². The number of anilines is 1. The minimum absolute atomic E-state index is 0.157. The average Bonchev–Trinajstić information content (AvgIpc) is 2.91. The number of methoxy groups -OCH3 is 1. The van der Waals surface area contributed by atoms with E-state index in [1.165, 1.54) is 0 Å². The van der Waals surface area contributed by atoms with E-state index < -0.39 is 0 Å². The third kappa shape index (κ3) is 8.12. The maximum Gasteiger partial charge on any atom is 0.293 e. The van der Waals surface area contributed by atoms with Gasteiger partial charge in [0.2, 0.25) is 0 Å². The maximum absolute atomic E-state index is 13.3. The molecular weight excluding hydrogens is 460 g/mol. The van der Waals surface area contributed by atoms with Gasteiger partial charge in [-0.15, -0.1) is 0 Å². The first-order valence-electron chi connectivity index (χ1n) is 12.9. The van der Waals surface area contributed by atoms with Crippen molar-refractivity contribution < 1.29 is 14.2 Å². The van der Waals surface area contributed by atoms with Crippen LogP contribution in [-0.4, -0.2) is 73.9 Å². The van der Waals surface area contributed by atoms with E-state index in [1.54, 1.807) is 17.9 Å². The Morgan fingerprint density at radius 1 is 1.08 bits per heavy atom. The zero-order valence-electron chi connectivity index (χ0n) is 21.7. The summed E-state index contributed by atoms with van der Waals surface area (Å²) in [6.45, 7) is 9.47. The van der Waals surface area contributed by atoms with E-state index in [-0.39, 0.29) is 11.8 Å². The molecule has 0 saturated heterocycles. The Hall–Kier alpha value is -2.79. The summed E-state index contributed by atoms with van der Waals surface area (Å²) in [5.41, 5.74) is 2.87. The average molecular weight is 501 g/mol. The Balaban J connectivity index is 1.72. The van der Waals surface area contributed by atoms with E-state index in [4.69, 9.17) is 14.2 Å². The molecule has 3 rings (SSSR count). The van der Waals surface area contributed by atoms with Crippen LogP contribution in [0, 0.1) is 0 Å². The Kier molecular flexibility index (Phi) is 11.9. The molecule has 1 aliphatic rings. The molecule has 3 N–H and O–H groups in total.